The van der Waals surface area contributed by atoms with Gasteiger partial charge in [-0.3, -0.25) is 20.2 Å². The molecule has 0 aliphatic heterocycles. The summed E-state index contributed by atoms with van der Waals surface area (Å²) in [6.07, 6.45) is 20.1. The molecule has 10 N–H and O–H groups in total. The second kappa shape index (κ2) is 25.1. The molecule has 12 heterocycles. The number of nitrogens with one attached hydrogen (secondary N) is 8. The molecular weight excluding hydrogens is 1100 g/mol. The standard InChI is InChI=1S/2C6H5ClN4S.C6H5FN4S.C6H7N5S.2C6H6N4OS/c1-12-5-3-4(9-2-8-3)10-6(7)11-5;1-12-5-3-2-8-11-4(3)9-6(7)10-5;2*1-12-5-3-4(9-2-8-3)10-6(7)11-5;1-12-5-3-4(8-2-7-3)9-6(11)10-5;1-12-5-3-2-7-10-4(3)8-6(11)9-5/h3*2H,1H3,(H,8,9,10,11);2H,1H3,(H3,7,8,9,10,11);2*2H,1H3,(H2,7,8,9,10,11). The molecule has 12 rings (SSSR count). The number of hydrogen-bond donors (Lipinski definition) is 9. The van der Waals surface area contributed by atoms with E-state index in [4.69, 9.17) is 28.9 Å². The summed E-state index contributed by atoms with van der Waals surface area (Å²) in [4.78, 5) is 93.0. The highest BCUT2D eigenvalue weighted by Crippen LogP contribution is 2.25. The molecule has 72 heavy (non-hydrogen) atoms. The molecule has 0 aromatic carbocycles. The molecule has 0 aliphatic rings. The van der Waals surface area contributed by atoms with Crippen LogP contribution in [0.3, 0.4) is 0 Å². The Bertz CT molecular complexity index is 3450. The van der Waals surface area contributed by atoms with Crippen molar-refractivity contribution in [2.24, 2.45) is 0 Å². The third-order valence-electron chi connectivity index (χ3n) is 8.71. The van der Waals surface area contributed by atoms with E-state index in [1.54, 1.807) is 25.0 Å². The summed E-state index contributed by atoms with van der Waals surface area (Å²) in [5.41, 5.74) is 11.4. The number of H-pyrrole nitrogens is 8. The molecule has 12 aromatic heterocycles. The van der Waals surface area contributed by atoms with Crippen LogP contribution >= 0.6 is 93.8 Å². The lowest BCUT2D eigenvalue weighted by Crippen LogP contribution is -2.10. The number of imidazole rings is 4. The van der Waals surface area contributed by atoms with Gasteiger partial charge in [0, 0.05) is 0 Å². The van der Waals surface area contributed by atoms with Crippen molar-refractivity contribution >= 4 is 166 Å². The van der Waals surface area contributed by atoms with Crippen molar-refractivity contribution in [3.05, 3.63) is 75.3 Å². The van der Waals surface area contributed by atoms with Crippen molar-refractivity contribution in [3.63, 3.8) is 0 Å². The predicted molar refractivity (Wildman–Crippen MR) is 281 cm³/mol. The van der Waals surface area contributed by atoms with Gasteiger partial charge in [0.1, 0.15) is 57.9 Å². The number of rotatable bonds is 6. The van der Waals surface area contributed by atoms with E-state index < -0.39 is 6.08 Å². The lowest BCUT2D eigenvalue weighted by Gasteiger charge is -1.97. The smallest absolute Gasteiger partial charge is 0.347 e. The molecule has 0 fully saturated rings. The Morgan fingerprint density at radius 1 is 0.472 bits per heavy atom. The maximum absolute atomic E-state index is 12.7. The molecule has 12 aromatic rings. The third kappa shape index (κ3) is 13.0. The summed E-state index contributed by atoms with van der Waals surface area (Å²) in [5, 5.41) is 19.8. The average molecular weight is 1130 g/mol. The zero-order valence-corrected chi connectivity index (χ0v) is 44.0. The first-order valence-electron chi connectivity index (χ1n) is 19.5. The summed E-state index contributed by atoms with van der Waals surface area (Å²) >= 11 is 20.1. The van der Waals surface area contributed by atoms with E-state index in [-0.39, 0.29) is 27.9 Å². The second-order valence-electron chi connectivity index (χ2n) is 12.9. The maximum atomic E-state index is 12.7. The van der Waals surface area contributed by atoms with Crippen LogP contribution in [-0.4, -0.2) is 158 Å². The number of anilines is 1. The third-order valence-corrected chi connectivity index (χ3v) is 13.2. The first-order chi connectivity index (χ1) is 34.9. The zero-order valence-electron chi connectivity index (χ0n) is 37.6. The minimum Gasteiger partial charge on any atom is -0.368 e. The van der Waals surface area contributed by atoms with Crippen LogP contribution in [0.2, 0.25) is 10.6 Å². The fraction of sp³-hybridized carbons (Fsp3) is 0.167. The van der Waals surface area contributed by atoms with Gasteiger partial charge in [0.05, 0.1) is 48.5 Å². The predicted octanol–water partition coefficient (Wildman–Crippen LogP) is 6.06. The molecule has 0 radical (unpaired) electrons. The van der Waals surface area contributed by atoms with Gasteiger partial charge in [0.25, 0.3) is 0 Å². The van der Waals surface area contributed by atoms with Crippen molar-refractivity contribution in [2.45, 2.75) is 30.2 Å². The zero-order chi connectivity index (χ0) is 51.3. The summed E-state index contributed by atoms with van der Waals surface area (Å²) in [6, 6.07) is 0. The second-order valence-corrected chi connectivity index (χ2v) is 18.4. The van der Waals surface area contributed by atoms with Crippen molar-refractivity contribution in [3.8, 4) is 0 Å². The van der Waals surface area contributed by atoms with Crippen LogP contribution in [0.25, 0.3) is 66.7 Å². The number of hydrogen-bond acceptors (Lipinski definition) is 25. The van der Waals surface area contributed by atoms with E-state index in [1.165, 1.54) is 83.2 Å². The molecular formula is C36H34Cl2FN25O2S6. The normalized spacial score (nSPS) is 10.8. The van der Waals surface area contributed by atoms with Crippen molar-refractivity contribution in [1.29, 1.82) is 0 Å². The lowest BCUT2D eigenvalue weighted by molar-refractivity contribution is 0.533. The lowest BCUT2D eigenvalue weighted by atomic mass is 10.4. The Balaban J connectivity index is 0.000000127. The van der Waals surface area contributed by atoms with E-state index in [0.717, 1.165) is 42.4 Å². The van der Waals surface area contributed by atoms with Gasteiger partial charge in [0.2, 0.25) is 16.5 Å². The number of nitrogens with zero attached hydrogens (tertiary/aromatic N) is 16. The fourth-order valence-corrected chi connectivity index (χ4v) is 9.39. The van der Waals surface area contributed by atoms with Crippen molar-refractivity contribution in [2.75, 3.05) is 43.3 Å². The van der Waals surface area contributed by atoms with Gasteiger partial charge < -0.3 is 25.7 Å². The molecule has 36 heteroatoms. The number of thioether (sulfide) groups is 6. The summed E-state index contributed by atoms with van der Waals surface area (Å²) in [5.74, 6) is 0.263. The molecule has 0 unspecified atom stereocenters. The van der Waals surface area contributed by atoms with E-state index in [1.807, 2.05) is 37.5 Å². The quantitative estimate of drug-likeness (QED) is 0.0518. The molecule has 0 saturated carbocycles. The molecule has 0 atom stereocenters. The van der Waals surface area contributed by atoms with Gasteiger partial charge >= 0.3 is 17.5 Å². The first kappa shape index (κ1) is 53.1. The van der Waals surface area contributed by atoms with Gasteiger partial charge in [0.15, 0.2) is 28.2 Å². The first-order valence-corrected chi connectivity index (χ1v) is 27.6. The molecule has 0 bridgehead atoms. The molecule has 0 aliphatic carbocycles. The summed E-state index contributed by atoms with van der Waals surface area (Å²) in [6.45, 7) is 0. The van der Waals surface area contributed by atoms with E-state index in [9.17, 15) is 14.0 Å². The highest BCUT2D eigenvalue weighted by atomic mass is 35.5. The number of aromatic amines is 8. The van der Waals surface area contributed by atoms with Crippen molar-refractivity contribution < 1.29 is 4.39 Å². The topological polar surface area (TPSA) is 393 Å². The highest BCUT2D eigenvalue weighted by Gasteiger charge is 2.11. The number of nitrogen functional groups attached to an aromatic ring is 1. The average Bonchev–Trinajstić information content (AvgIpc) is 4.25. The minimum absolute atomic E-state index is 0.235. The Morgan fingerprint density at radius 3 is 1.57 bits per heavy atom. The Labute approximate surface area is 436 Å². The largest absolute Gasteiger partial charge is 0.368 e. The van der Waals surface area contributed by atoms with Crippen LogP contribution in [0, 0.1) is 6.08 Å². The van der Waals surface area contributed by atoms with E-state index >= 15 is 0 Å². The minimum atomic E-state index is -0.737. The number of aromatic nitrogens is 24. The van der Waals surface area contributed by atoms with Gasteiger partial charge in [-0.15, -0.1) is 70.6 Å². The number of halogens is 3. The van der Waals surface area contributed by atoms with Crippen LogP contribution in [0.1, 0.15) is 0 Å². The number of nitrogens with two attached hydrogens (primary N) is 1. The van der Waals surface area contributed by atoms with E-state index in [2.05, 4.69) is 120 Å². The molecule has 372 valence electrons. The maximum Gasteiger partial charge on any atom is 0.347 e. The fourth-order valence-electron chi connectivity index (χ4n) is 5.73. The number of fused-ring (bicyclic) bond motifs is 6. The molecule has 0 saturated heterocycles. The Morgan fingerprint density at radius 2 is 0.931 bits per heavy atom. The van der Waals surface area contributed by atoms with Gasteiger partial charge in [-0.25, -0.2) is 44.5 Å². The Kier molecular flexibility index (Phi) is 18.5. The van der Waals surface area contributed by atoms with Crippen LogP contribution in [0.5, 0.6) is 0 Å². The van der Waals surface area contributed by atoms with Gasteiger partial charge in [-0.2, -0.15) is 49.5 Å². The summed E-state index contributed by atoms with van der Waals surface area (Å²) in [7, 11) is 0. The highest BCUT2D eigenvalue weighted by molar-refractivity contribution is 7.99. The van der Waals surface area contributed by atoms with Crippen LogP contribution in [-0.2, 0) is 0 Å². The monoisotopic (exact) mass is 1130 g/mol. The van der Waals surface area contributed by atoms with Crippen molar-refractivity contribution in [1.82, 2.24) is 120 Å². The van der Waals surface area contributed by atoms with Gasteiger partial charge in [-0.1, -0.05) is 0 Å². The SMILES string of the molecule is CSc1nc(=O)[nH]c2[nH]ncc12.CSc1nc(=O)[nH]c2nc[nH]c12.CSc1nc(Cl)nc2[nH]ncc12.CSc1nc(Cl)nc2nc[nH]c12.CSc1nc(F)nc2nc[nH]c12.CSc1nc(N)nc2nc[nH]c12. The van der Waals surface area contributed by atoms with Crippen LogP contribution in [0.4, 0.5) is 10.3 Å². The summed E-state index contributed by atoms with van der Waals surface area (Å²) < 4.78 is 12.7. The van der Waals surface area contributed by atoms with E-state index in [0.29, 0.717) is 54.5 Å². The molecule has 0 spiro atoms. The van der Waals surface area contributed by atoms with Gasteiger partial charge in [-0.05, 0) is 60.7 Å². The molecule has 27 nitrogen and oxygen atoms in total. The van der Waals surface area contributed by atoms with Crippen LogP contribution < -0.4 is 17.1 Å². The molecule has 0 amide bonds. The Hall–Kier alpha value is -6.69. The van der Waals surface area contributed by atoms with Crippen LogP contribution in [0.15, 0.2) is 77.4 Å².